The number of alkyl halides is 3. The highest BCUT2D eigenvalue weighted by Crippen LogP contribution is 2.47. The molecule has 12 aromatic carbocycles. The van der Waals surface area contributed by atoms with E-state index in [9.17, 15) is 15.8 Å². The normalized spacial score (nSPS) is 11.7. The van der Waals surface area contributed by atoms with E-state index in [2.05, 4.69) is 126 Å². The standard InChI is InChI=1S/C40H26F3N3.C40H26N4/c1-24-10-7-18-34-38(24)28-14-3-5-16-32(28)45(34)36-22-31(40(41,42)43)37(21-30(36)27-13-9-12-26(20-27)23-44)46-33-17-6-4-15-29(33)39-25(2)11-8-19-35(39)46;1-25-10-7-18-35-39(25)30-14-3-5-16-33(30)43(35)37-22-32(28-13-9-12-27(20-28)23-41)38(21-29(37)24-42)44-34-17-6-4-15-31(34)40-26(2)11-8-19-36(40)44/h3-22H,1-2H3;3-22H,1-2H3. The summed E-state index contributed by atoms with van der Waals surface area (Å²) in [6.07, 6.45) is -4.67. The summed E-state index contributed by atoms with van der Waals surface area (Å²) >= 11 is 0. The molecule has 0 bridgehead atoms. The summed E-state index contributed by atoms with van der Waals surface area (Å²) < 4.78 is 54.4. The van der Waals surface area contributed by atoms with E-state index in [1.165, 1.54) is 28.0 Å². The minimum Gasteiger partial charge on any atom is -0.309 e. The first kappa shape index (κ1) is 54.7. The lowest BCUT2D eigenvalue weighted by atomic mass is 9.97. The average molecular weight is 1170 g/mol. The number of halogens is 3. The van der Waals surface area contributed by atoms with Crippen LogP contribution in [0, 0.1) is 61.7 Å². The second kappa shape index (κ2) is 21.2. The maximum Gasteiger partial charge on any atom is 0.418 e. The van der Waals surface area contributed by atoms with Gasteiger partial charge in [0.1, 0.15) is 6.07 Å². The van der Waals surface area contributed by atoms with Crippen molar-refractivity contribution in [1.82, 2.24) is 18.3 Å². The largest absolute Gasteiger partial charge is 0.418 e. The molecule has 0 aliphatic rings. The van der Waals surface area contributed by atoms with Crippen LogP contribution in [0.3, 0.4) is 0 Å². The second-order valence-electron chi connectivity index (χ2n) is 23.1. The van der Waals surface area contributed by atoms with Gasteiger partial charge in [0.15, 0.2) is 0 Å². The van der Waals surface area contributed by atoms with Gasteiger partial charge in [-0.25, -0.2) is 0 Å². The Balaban J connectivity index is 0.000000150. The summed E-state index contributed by atoms with van der Waals surface area (Å²) in [6.45, 7) is 8.28. The molecule has 0 unspecified atom stereocenters. The van der Waals surface area contributed by atoms with Crippen molar-refractivity contribution >= 4 is 87.2 Å². The number of nitrogens with zero attached hydrogens (tertiary/aromatic N) is 7. The monoisotopic (exact) mass is 1170 g/mol. The quantitative estimate of drug-likeness (QED) is 0.166. The van der Waals surface area contributed by atoms with Crippen LogP contribution in [0.25, 0.3) is 132 Å². The zero-order valence-corrected chi connectivity index (χ0v) is 49.4. The molecule has 0 aliphatic heterocycles. The summed E-state index contributed by atoms with van der Waals surface area (Å²) in [5, 5.41) is 38.8. The lowest BCUT2D eigenvalue weighted by molar-refractivity contribution is -0.137. The molecule has 0 N–H and O–H groups in total. The number of para-hydroxylation sites is 4. The van der Waals surface area contributed by atoms with Gasteiger partial charge in [-0.2, -0.15) is 29.0 Å². The van der Waals surface area contributed by atoms with Gasteiger partial charge in [-0.1, -0.05) is 146 Å². The molecular formula is C80H52F3N7. The first-order valence-electron chi connectivity index (χ1n) is 29.7. The molecule has 16 rings (SSSR count). The van der Waals surface area contributed by atoms with Gasteiger partial charge in [0.25, 0.3) is 0 Å². The first-order valence-corrected chi connectivity index (χ1v) is 29.7. The Hall–Kier alpha value is -11.9. The van der Waals surface area contributed by atoms with Crippen molar-refractivity contribution in [3.05, 3.63) is 287 Å². The summed E-state index contributed by atoms with van der Waals surface area (Å²) in [5.74, 6) is 0. The SMILES string of the molecule is Cc1cccc2c1c1ccccc1n2-c1cc(-c2cccc(C#N)c2)c(-n2c3ccccc3c3c(C)cccc32)cc1C#N.Cc1cccc2c1c1ccccc1n2-c1cc(C(F)(F)F)c(-n2c3ccccc3c3c(C)cccc32)cc1-c1cccc(C#N)c1. The summed E-state index contributed by atoms with van der Waals surface area (Å²) in [7, 11) is 0. The second-order valence-corrected chi connectivity index (χ2v) is 23.1. The molecular weight excluding hydrogens is 1120 g/mol. The minimum absolute atomic E-state index is 0.0300. The van der Waals surface area contributed by atoms with Gasteiger partial charge >= 0.3 is 6.18 Å². The fraction of sp³-hybridized carbons (Fsp3) is 0.0625. The van der Waals surface area contributed by atoms with Crippen molar-refractivity contribution in [3.63, 3.8) is 0 Å². The Morgan fingerprint density at radius 1 is 0.300 bits per heavy atom. The molecule has 4 heterocycles. The van der Waals surface area contributed by atoms with E-state index in [0.717, 1.165) is 99.0 Å². The van der Waals surface area contributed by atoms with E-state index in [4.69, 9.17) is 0 Å². The van der Waals surface area contributed by atoms with Crippen LogP contribution in [0.1, 0.15) is 44.5 Å². The predicted octanol–water partition coefficient (Wildman–Crippen LogP) is 21.0. The van der Waals surface area contributed by atoms with Gasteiger partial charge in [-0.15, -0.1) is 0 Å². The number of rotatable bonds is 6. The topological polar surface area (TPSA) is 91.1 Å². The van der Waals surface area contributed by atoms with Crippen LogP contribution in [0.15, 0.2) is 243 Å². The van der Waals surface area contributed by atoms with Crippen LogP contribution in [-0.2, 0) is 6.18 Å². The third-order valence-corrected chi connectivity index (χ3v) is 17.8. The maximum atomic E-state index is 15.4. The molecule has 428 valence electrons. The highest BCUT2D eigenvalue weighted by Gasteiger charge is 2.37. The minimum atomic E-state index is -4.67. The molecule has 10 heteroatoms. The predicted molar refractivity (Wildman–Crippen MR) is 359 cm³/mol. The molecule has 0 aliphatic carbocycles. The number of hydrogen-bond donors (Lipinski definition) is 0. The maximum absolute atomic E-state index is 15.4. The number of aromatic nitrogens is 4. The number of benzene rings is 12. The van der Waals surface area contributed by atoms with Crippen molar-refractivity contribution in [2.24, 2.45) is 0 Å². The van der Waals surface area contributed by atoms with E-state index in [1.807, 2.05) is 146 Å². The van der Waals surface area contributed by atoms with Gasteiger partial charge in [0.05, 0.1) is 101 Å². The molecule has 90 heavy (non-hydrogen) atoms. The molecule has 7 nitrogen and oxygen atoms in total. The molecule has 0 amide bonds. The molecule has 4 aromatic heterocycles. The molecule has 0 atom stereocenters. The Bertz CT molecular complexity index is 5830. The van der Waals surface area contributed by atoms with Crippen molar-refractivity contribution in [2.75, 3.05) is 0 Å². The highest BCUT2D eigenvalue weighted by atomic mass is 19.4. The Morgan fingerprint density at radius 3 is 0.967 bits per heavy atom. The van der Waals surface area contributed by atoms with Crippen LogP contribution in [0.5, 0.6) is 0 Å². The number of aryl methyl sites for hydroxylation is 4. The first-order chi connectivity index (χ1) is 43.8. The lowest BCUT2D eigenvalue weighted by Gasteiger charge is -2.22. The third kappa shape index (κ3) is 8.55. The van der Waals surface area contributed by atoms with Gasteiger partial charge in [-0.05, 0) is 158 Å². The van der Waals surface area contributed by atoms with Crippen molar-refractivity contribution < 1.29 is 13.2 Å². The number of hydrogen-bond acceptors (Lipinski definition) is 3. The van der Waals surface area contributed by atoms with Crippen molar-refractivity contribution in [1.29, 1.82) is 15.8 Å². The molecule has 0 saturated carbocycles. The van der Waals surface area contributed by atoms with Crippen LogP contribution < -0.4 is 0 Å². The van der Waals surface area contributed by atoms with E-state index in [-0.39, 0.29) is 5.69 Å². The van der Waals surface area contributed by atoms with Gasteiger partial charge < -0.3 is 18.3 Å². The van der Waals surface area contributed by atoms with E-state index < -0.39 is 11.7 Å². The van der Waals surface area contributed by atoms with Gasteiger partial charge in [0, 0.05) is 54.2 Å². The van der Waals surface area contributed by atoms with Crippen molar-refractivity contribution in [2.45, 2.75) is 33.9 Å². The highest BCUT2D eigenvalue weighted by molar-refractivity contribution is 6.15. The van der Waals surface area contributed by atoms with E-state index in [0.29, 0.717) is 44.5 Å². The smallest absolute Gasteiger partial charge is 0.309 e. The zero-order valence-electron chi connectivity index (χ0n) is 49.4. The Kier molecular flexibility index (Phi) is 12.9. The van der Waals surface area contributed by atoms with Crippen LogP contribution >= 0.6 is 0 Å². The average Bonchev–Trinajstić information content (AvgIpc) is 1.53. The lowest BCUT2D eigenvalue weighted by Crippen LogP contribution is -2.13. The molecule has 0 radical (unpaired) electrons. The fourth-order valence-electron chi connectivity index (χ4n) is 14.0. The Morgan fingerprint density at radius 2 is 0.611 bits per heavy atom. The van der Waals surface area contributed by atoms with E-state index in [1.54, 1.807) is 28.8 Å². The van der Waals surface area contributed by atoms with Crippen LogP contribution in [0.4, 0.5) is 13.2 Å². The summed E-state index contributed by atoms with van der Waals surface area (Å²) in [4.78, 5) is 0. The number of nitriles is 3. The van der Waals surface area contributed by atoms with Gasteiger partial charge in [0.2, 0.25) is 0 Å². The van der Waals surface area contributed by atoms with Crippen LogP contribution in [0.2, 0.25) is 0 Å². The van der Waals surface area contributed by atoms with Crippen molar-refractivity contribution in [3.8, 4) is 63.2 Å². The fourth-order valence-corrected chi connectivity index (χ4v) is 14.0. The molecule has 0 saturated heterocycles. The van der Waals surface area contributed by atoms with Crippen LogP contribution in [-0.4, -0.2) is 18.3 Å². The molecule has 16 aromatic rings. The number of fused-ring (bicyclic) bond motifs is 12. The van der Waals surface area contributed by atoms with E-state index >= 15 is 13.2 Å². The summed E-state index contributed by atoms with van der Waals surface area (Å²) in [6, 6.07) is 85.5. The zero-order chi connectivity index (χ0) is 61.7. The molecule has 0 fully saturated rings. The Labute approximate surface area is 516 Å². The summed E-state index contributed by atoms with van der Waals surface area (Å²) in [5.41, 5.74) is 17.7. The third-order valence-electron chi connectivity index (χ3n) is 17.8. The molecule has 0 spiro atoms. The van der Waals surface area contributed by atoms with Gasteiger partial charge in [-0.3, -0.25) is 0 Å².